The summed E-state index contributed by atoms with van der Waals surface area (Å²) in [5.41, 5.74) is 2.79. The van der Waals surface area contributed by atoms with Gasteiger partial charge in [0.05, 0.1) is 0 Å². The molecule has 1 heteroatoms. The molecule has 0 saturated carbocycles. The summed E-state index contributed by atoms with van der Waals surface area (Å²) in [6.45, 7) is 4.40. The Hall–Kier alpha value is -0.820. The summed E-state index contributed by atoms with van der Waals surface area (Å²) in [4.78, 5) is 2.27. The Bertz CT molecular complexity index is 261. The monoisotopic (exact) mass is 191 g/mol. The molecule has 0 aromatic heterocycles. The third kappa shape index (κ3) is 3.51. The van der Waals surface area contributed by atoms with Crippen molar-refractivity contribution in [3.05, 3.63) is 35.4 Å². The van der Waals surface area contributed by atoms with E-state index in [-0.39, 0.29) is 0 Å². The maximum Gasteiger partial charge on any atom is 0.00640 e. The van der Waals surface area contributed by atoms with Gasteiger partial charge in [-0.2, -0.15) is 0 Å². The Balaban J connectivity index is 2.42. The molecule has 14 heavy (non-hydrogen) atoms. The fourth-order valence-corrected chi connectivity index (χ4v) is 1.39. The molecule has 0 heterocycles. The molecule has 1 nitrogen and oxygen atoms in total. The van der Waals surface area contributed by atoms with Gasteiger partial charge in [0.25, 0.3) is 0 Å². The normalized spacial score (nSPS) is 13.2. The summed E-state index contributed by atoms with van der Waals surface area (Å²) in [7, 11) is 4.28. The molecular formula is C13H21N. The molecule has 0 aliphatic heterocycles. The lowest BCUT2D eigenvalue weighted by Crippen LogP contribution is -2.24. The van der Waals surface area contributed by atoms with Crippen LogP contribution >= 0.6 is 0 Å². The fraction of sp³-hybridized carbons (Fsp3) is 0.538. The van der Waals surface area contributed by atoms with Crippen LogP contribution in [0.1, 0.15) is 24.5 Å². The van der Waals surface area contributed by atoms with Crippen LogP contribution in [0.15, 0.2) is 24.3 Å². The summed E-state index contributed by atoms with van der Waals surface area (Å²) in [6, 6.07) is 9.51. The highest BCUT2D eigenvalue weighted by Crippen LogP contribution is 2.08. The van der Waals surface area contributed by atoms with E-state index in [1.807, 2.05) is 0 Å². The van der Waals surface area contributed by atoms with Crippen molar-refractivity contribution in [1.82, 2.24) is 4.90 Å². The van der Waals surface area contributed by atoms with E-state index < -0.39 is 0 Å². The van der Waals surface area contributed by atoms with Crippen LogP contribution in [-0.4, -0.2) is 25.0 Å². The van der Waals surface area contributed by atoms with Crippen LogP contribution < -0.4 is 0 Å². The number of nitrogens with zero attached hydrogens (tertiary/aromatic N) is 1. The van der Waals surface area contributed by atoms with Gasteiger partial charge >= 0.3 is 0 Å². The topological polar surface area (TPSA) is 3.24 Å². The summed E-state index contributed by atoms with van der Waals surface area (Å²) < 4.78 is 0. The lowest BCUT2D eigenvalue weighted by molar-refractivity contribution is 0.299. The van der Waals surface area contributed by atoms with Crippen molar-refractivity contribution in [2.45, 2.75) is 32.7 Å². The largest absolute Gasteiger partial charge is 0.307 e. The molecule has 78 valence electrons. The molecule has 1 aromatic carbocycles. The molecule has 0 saturated heterocycles. The molecule has 0 aliphatic rings. The van der Waals surface area contributed by atoms with Crippen molar-refractivity contribution < 1.29 is 0 Å². The lowest BCUT2D eigenvalue weighted by Gasteiger charge is -2.19. The van der Waals surface area contributed by atoms with Crippen molar-refractivity contribution in [3.63, 3.8) is 0 Å². The zero-order valence-corrected chi connectivity index (χ0v) is 9.75. The van der Waals surface area contributed by atoms with Crippen molar-refractivity contribution in [1.29, 1.82) is 0 Å². The molecule has 0 N–H and O–H groups in total. The Morgan fingerprint density at radius 2 is 1.71 bits per heavy atom. The van der Waals surface area contributed by atoms with E-state index in [9.17, 15) is 0 Å². The molecule has 0 radical (unpaired) electrons. The predicted octanol–water partition coefficient (Wildman–Crippen LogP) is 2.88. The van der Waals surface area contributed by atoms with Crippen molar-refractivity contribution in [2.24, 2.45) is 0 Å². The molecule has 0 amide bonds. The summed E-state index contributed by atoms with van der Waals surface area (Å²) in [6.07, 6.45) is 2.41. The van der Waals surface area contributed by atoms with Crippen molar-refractivity contribution >= 4 is 0 Å². The maximum atomic E-state index is 2.27. The van der Waals surface area contributed by atoms with E-state index in [0.29, 0.717) is 6.04 Å². The number of hydrogen-bond acceptors (Lipinski definition) is 1. The van der Waals surface area contributed by atoms with Gasteiger partial charge in [0.2, 0.25) is 0 Å². The average Bonchev–Trinajstić information content (AvgIpc) is 2.16. The SMILES string of the molecule is Cc1ccc(CCC(C)N(C)C)cc1. The second kappa shape index (κ2) is 5.16. The smallest absolute Gasteiger partial charge is 0.00640 e. The quantitative estimate of drug-likeness (QED) is 0.707. The second-order valence-corrected chi connectivity index (χ2v) is 4.34. The highest BCUT2D eigenvalue weighted by atomic mass is 15.1. The van der Waals surface area contributed by atoms with Crippen LogP contribution in [0, 0.1) is 6.92 Å². The molecular weight excluding hydrogens is 170 g/mol. The number of benzene rings is 1. The van der Waals surface area contributed by atoms with Gasteiger partial charge in [0.15, 0.2) is 0 Å². The van der Waals surface area contributed by atoms with Gasteiger partial charge < -0.3 is 4.90 Å². The van der Waals surface area contributed by atoms with E-state index in [4.69, 9.17) is 0 Å². The lowest BCUT2D eigenvalue weighted by atomic mass is 10.0. The molecule has 0 fully saturated rings. The number of aryl methyl sites for hydroxylation is 2. The minimum absolute atomic E-state index is 0.663. The van der Waals surface area contributed by atoms with Gasteiger partial charge in [0, 0.05) is 6.04 Å². The van der Waals surface area contributed by atoms with E-state index >= 15 is 0 Å². The Labute approximate surface area is 87.7 Å². The van der Waals surface area contributed by atoms with E-state index in [1.54, 1.807) is 0 Å². The van der Waals surface area contributed by atoms with Crippen molar-refractivity contribution in [3.8, 4) is 0 Å². The molecule has 1 unspecified atom stereocenters. The maximum absolute atomic E-state index is 2.27. The molecule has 0 aliphatic carbocycles. The van der Waals surface area contributed by atoms with Crippen LogP contribution in [0.4, 0.5) is 0 Å². The van der Waals surface area contributed by atoms with Crippen LogP contribution in [0.2, 0.25) is 0 Å². The third-order valence-corrected chi connectivity index (χ3v) is 2.85. The second-order valence-electron chi connectivity index (χ2n) is 4.34. The first-order valence-corrected chi connectivity index (χ1v) is 5.31. The summed E-state index contributed by atoms with van der Waals surface area (Å²) in [5.74, 6) is 0. The zero-order chi connectivity index (χ0) is 10.6. The highest BCUT2D eigenvalue weighted by Gasteiger charge is 2.03. The first kappa shape index (κ1) is 11.3. The first-order chi connectivity index (χ1) is 6.59. The Morgan fingerprint density at radius 3 is 2.21 bits per heavy atom. The van der Waals surface area contributed by atoms with Crippen LogP contribution in [-0.2, 0) is 6.42 Å². The standard InChI is InChI=1S/C13H21N/c1-11-5-8-13(9-6-11)10-7-12(2)14(3)4/h5-6,8-9,12H,7,10H2,1-4H3. The number of hydrogen-bond donors (Lipinski definition) is 0. The van der Waals surface area contributed by atoms with Gasteiger partial charge in [-0.1, -0.05) is 29.8 Å². The van der Waals surface area contributed by atoms with E-state index in [0.717, 1.165) is 0 Å². The van der Waals surface area contributed by atoms with Crippen LogP contribution in [0.3, 0.4) is 0 Å². The van der Waals surface area contributed by atoms with Gasteiger partial charge in [-0.3, -0.25) is 0 Å². The summed E-state index contributed by atoms with van der Waals surface area (Å²) in [5, 5.41) is 0. The molecule has 1 rings (SSSR count). The van der Waals surface area contributed by atoms with E-state index in [1.165, 1.54) is 24.0 Å². The zero-order valence-electron chi connectivity index (χ0n) is 9.75. The Kier molecular flexibility index (Phi) is 4.15. The van der Waals surface area contributed by atoms with Crippen LogP contribution in [0.25, 0.3) is 0 Å². The summed E-state index contributed by atoms with van der Waals surface area (Å²) >= 11 is 0. The fourth-order valence-electron chi connectivity index (χ4n) is 1.39. The van der Waals surface area contributed by atoms with Crippen LogP contribution in [0.5, 0.6) is 0 Å². The van der Waals surface area contributed by atoms with Gasteiger partial charge in [-0.25, -0.2) is 0 Å². The molecule has 0 spiro atoms. The van der Waals surface area contributed by atoms with Gasteiger partial charge in [0.1, 0.15) is 0 Å². The average molecular weight is 191 g/mol. The Morgan fingerprint density at radius 1 is 1.14 bits per heavy atom. The molecule has 1 aromatic rings. The van der Waals surface area contributed by atoms with Gasteiger partial charge in [-0.05, 0) is 46.3 Å². The van der Waals surface area contributed by atoms with Gasteiger partial charge in [-0.15, -0.1) is 0 Å². The first-order valence-electron chi connectivity index (χ1n) is 5.31. The van der Waals surface area contributed by atoms with Crippen molar-refractivity contribution in [2.75, 3.05) is 14.1 Å². The third-order valence-electron chi connectivity index (χ3n) is 2.85. The molecule has 1 atom stereocenters. The molecule has 0 bridgehead atoms. The minimum atomic E-state index is 0.663. The minimum Gasteiger partial charge on any atom is -0.307 e. The highest BCUT2D eigenvalue weighted by molar-refractivity contribution is 5.21. The van der Waals surface area contributed by atoms with E-state index in [2.05, 4.69) is 57.1 Å². The number of rotatable bonds is 4. The predicted molar refractivity (Wildman–Crippen MR) is 62.6 cm³/mol.